The minimum atomic E-state index is -3.97. The molecule has 0 saturated carbocycles. The number of hydrogen-bond acceptors (Lipinski definition) is 7. The molecule has 28 heavy (non-hydrogen) atoms. The van der Waals surface area contributed by atoms with Crippen LogP contribution in [0.4, 0.5) is 0 Å². The van der Waals surface area contributed by atoms with Gasteiger partial charge in [-0.15, -0.1) is 0 Å². The van der Waals surface area contributed by atoms with Crippen LogP contribution < -0.4 is 0 Å². The number of carboxylic acids is 1. The Bertz CT molecular complexity index is 1030. The molecule has 0 bridgehead atoms. The van der Waals surface area contributed by atoms with Gasteiger partial charge in [0.15, 0.2) is 21.3 Å². The van der Waals surface area contributed by atoms with E-state index in [1.807, 2.05) is 0 Å². The van der Waals surface area contributed by atoms with Gasteiger partial charge in [0, 0.05) is 6.20 Å². The number of hydrogen-bond donors (Lipinski definition) is 1. The summed E-state index contributed by atoms with van der Waals surface area (Å²) in [4.78, 5) is 40.9. The van der Waals surface area contributed by atoms with Gasteiger partial charge in [0.25, 0.3) is 5.91 Å². The zero-order valence-corrected chi connectivity index (χ0v) is 16.0. The fraction of sp³-hybridized carbons (Fsp3) is 0.333. The maximum absolute atomic E-state index is 12.8. The van der Waals surface area contributed by atoms with Gasteiger partial charge in [0.2, 0.25) is 0 Å². The predicted molar refractivity (Wildman–Crippen MR) is 97.8 cm³/mol. The highest BCUT2D eigenvalue weighted by Crippen LogP contribution is 2.48. The molecule has 2 atom stereocenters. The molecular formula is C18H18N2O7S. The molecule has 1 unspecified atom stereocenters. The van der Waals surface area contributed by atoms with E-state index in [9.17, 15) is 27.9 Å². The van der Waals surface area contributed by atoms with E-state index < -0.39 is 43.8 Å². The van der Waals surface area contributed by atoms with Crippen LogP contribution in [-0.2, 0) is 24.2 Å². The van der Waals surface area contributed by atoms with Crippen molar-refractivity contribution in [3.63, 3.8) is 0 Å². The highest BCUT2D eigenvalue weighted by molar-refractivity contribution is 7.94. The van der Waals surface area contributed by atoms with E-state index in [1.165, 1.54) is 44.3 Å². The molecule has 0 spiro atoms. The van der Waals surface area contributed by atoms with Crippen LogP contribution in [0, 0.1) is 0 Å². The van der Waals surface area contributed by atoms with Gasteiger partial charge in [-0.05, 0) is 32.1 Å². The van der Waals surface area contributed by atoms with Gasteiger partial charge in [-0.3, -0.25) is 9.78 Å². The number of aromatic nitrogens is 1. The Balaban J connectivity index is 1.98. The number of fused-ring (bicyclic) bond motifs is 1. The third-order valence-electron chi connectivity index (χ3n) is 4.85. The number of sulfone groups is 1. The van der Waals surface area contributed by atoms with Gasteiger partial charge in [0.05, 0.1) is 16.8 Å². The van der Waals surface area contributed by atoms with Crippen LogP contribution in [0.2, 0.25) is 0 Å². The van der Waals surface area contributed by atoms with Crippen molar-refractivity contribution in [3.8, 4) is 0 Å². The number of amides is 1. The van der Waals surface area contributed by atoms with Crippen molar-refractivity contribution < 1.29 is 32.6 Å². The van der Waals surface area contributed by atoms with Gasteiger partial charge < -0.3 is 14.7 Å². The Kier molecular flexibility index (Phi) is 4.62. The first kappa shape index (κ1) is 19.7. The number of carboxylic acid groups (broad SMARTS) is 1. The second-order valence-corrected chi connectivity index (χ2v) is 9.50. The van der Waals surface area contributed by atoms with Crippen molar-refractivity contribution in [2.45, 2.75) is 30.0 Å². The number of nitrogens with zero attached hydrogens (tertiary/aromatic N) is 2. The highest BCUT2D eigenvalue weighted by Gasteiger charge is 2.70. The number of β-lactam (4-membered cyclic amide) rings is 1. The van der Waals surface area contributed by atoms with Crippen molar-refractivity contribution >= 4 is 33.8 Å². The van der Waals surface area contributed by atoms with Crippen LogP contribution >= 0.6 is 0 Å². The molecule has 9 nitrogen and oxygen atoms in total. The Labute approximate surface area is 161 Å². The lowest BCUT2D eigenvalue weighted by Gasteiger charge is -2.37. The van der Waals surface area contributed by atoms with Crippen LogP contribution in [0.3, 0.4) is 0 Å². The summed E-state index contributed by atoms with van der Waals surface area (Å²) in [5.41, 5.74) is 0.272. The number of pyridine rings is 1. The standard InChI is InChI=1S/C18H18N2O7S/c1-4-7-27-17(24)10-5-6-19-11(8-10)9-12-14(21)20-13(16(22)23)18(2,3)28(25,26)15(12)20/h4-6,8-9,13,15H,1,7H2,2-3H3,(H,22,23)/b12-9-/t13-,15?/m0/s1. The molecule has 1 amide bonds. The smallest absolute Gasteiger partial charge is 0.338 e. The number of rotatable bonds is 5. The Hall–Kier alpha value is -3.01. The highest BCUT2D eigenvalue weighted by atomic mass is 32.2. The molecule has 148 valence electrons. The second kappa shape index (κ2) is 6.55. The lowest BCUT2D eigenvalue weighted by molar-refractivity contribution is -0.152. The first-order valence-electron chi connectivity index (χ1n) is 8.28. The summed E-state index contributed by atoms with van der Waals surface area (Å²) in [7, 11) is -3.97. The van der Waals surface area contributed by atoms with Crippen molar-refractivity contribution in [3.05, 3.63) is 47.8 Å². The van der Waals surface area contributed by atoms with E-state index in [0.29, 0.717) is 0 Å². The molecule has 3 rings (SSSR count). The molecule has 3 heterocycles. The molecule has 2 fully saturated rings. The minimum absolute atomic E-state index is 0.0248. The zero-order valence-electron chi connectivity index (χ0n) is 15.2. The van der Waals surface area contributed by atoms with E-state index in [4.69, 9.17) is 4.74 Å². The molecule has 2 saturated heterocycles. The lowest BCUT2D eigenvalue weighted by Crippen LogP contribution is -2.58. The number of esters is 1. The topological polar surface area (TPSA) is 131 Å². The van der Waals surface area contributed by atoms with Gasteiger partial charge in [-0.25, -0.2) is 18.0 Å². The van der Waals surface area contributed by atoms with Gasteiger partial charge in [0.1, 0.15) is 11.4 Å². The quantitative estimate of drug-likeness (QED) is 0.326. The molecule has 0 aliphatic carbocycles. The molecular weight excluding hydrogens is 388 g/mol. The van der Waals surface area contributed by atoms with Crippen molar-refractivity contribution in [2.75, 3.05) is 6.61 Å². The third-order valence-corrected chi connectivity index (χ3v) is 7.61. The first-order chi connectivity index (χ1) is 13.0. The van der Waals surface area contributed by atoms with Crippen LogP contribution in [0.15, 0.2) is 36.6 Å². The summed E-state index contributed by atoms with van der Waals surface area (Å²) in [5, 5.41) is 8.06. The van der Waals surface area contributed by atoms with Crippen LogP contribution in [-0.4, -0.2) is 64.0 Å². The summed E-state index contributed by atoms with van der Waals surface area (Å²) >= 11 is 0. The summed E-state index contributed by atoms with van der Waals surface area (Å²) in [6, 6.07) is 1.30. The maximum atomic E-state index is 12.8. The van der Waals surface area contributed by atoms with E-state index in [0.717, 1.165) is 4.90 Å². The summed E-state index contributed by atoms with van der Waals surface area (Å²) in [6.07, 6.45) is 3.99. The largest absolute Gasteiger partial charge is 0.480 e. The third kappa shape index (κ3) is 2.71. The van der Waals surface area contributed by atoms with Gasteiger partial charge >= 0.3 is 11.9 Å². The molecule has 1 N–H and O–H groups in total. The van der Waals surface area contributed by atoms with Crippen LogP contribution in [0.25, 0.3) is 6.08 Å². The second-order valence-electron chi connectivity index (χ2n) is 6.91. The number of ether oxygens (including phenoxy) is 1. The molecule has 10 heteroatoms. The predicted octanol–water partition coefficient (Wildman–Crippen LogP) is 0.636. The number of aliphatic carboxylic acids is 1. The maximum Gasteiger partial charge on any atom is 0.338 e. The lowest BCUT2D eigenvalue weighted by atomic mass is 9.95. The van der Waals surface area contributed by atoms with Crippen LogP contribution in [0.1, 0.15) is 29.9 Å². The fourth-order valence-electron chi connectivity index (χ4n) is 3.37. The molecule has 2 aliphatic heterocycles. The van der Waals surface area contributed by atoms with Gasteiger partial charge in [-0.2, -0.15) is 0 Å². The summed E-state index contributed by atoms with van der Waals surface area (Å²) < 4.78 is 28.9. The van der Waals surface area contributed by atoms with Crippen molar-refractivity contribution in [1.29, 1.82) is 0 Å². The molecule has 0 radical (unpaired) electrons. The van der Waals surface area contributed by atoms with Gasteiger partial charge in [-0.1, -0.05) is 12.7 Å². The number of carbonyl (C=O) groups excluding carboxylic acids is 2. The Morgan fingerprint density at radius 2 is 2.11 bits per heavy atom. The molecule has 1 aromatic heterocycles. The average molecular weight is 406 g/mol. The minimum Gasteiger partial charge on any atom is -0.480 e. The fourth-order valence-corrected chi connectivity index (χ4v) is 5.49. The summed E-state index contributed by atoms with van der Waals surface area (Å²) in [5.74, 6) is -2.69. The SMILES string of the molecule is C=CCOC(=O)c1ccnc(/C=C2/C(=O)N3C2S(=O)(=O)C(C)(C)[C@@H]3C(=O)O)c1. The first-order valence-corrected chi connectivity index (χ1v) is 9.83. The Morgan fingerprint density at radius 3 is 2.71 bits per heavy atom. The van der Waals surface area contributed by atoms with Crippen molar-refractivity contribution in [2.24, 2.45) is 0 Å². The van der Waals surface area contributed by atoms with E-state index in [2.05, 4.69) is 11.6 Å². The molecule has 2 aliphatic rings. The molecule has 0 aromatic carbocycles. The van der Waals surface area contributed by atoms with Crippen LogP contribution in [0.5, 0.6) is 0 Å². The number of carbonyl (C=O) groups is 3. The average Bonchev–Trinajstić information content (AvgIpc) is 2.78. The normalized spacial score (nSPS) is 25.7. The monoisotopic (exact) mass is 406 g/mol. The Morgan fingerprint density at radius 1 is 1.43 bits per heavy atom. The van der Waals surface area contributed by atoms with E-state index >= 15 is 0 Å². The van der Waals surface area contributed by atoms with Crippen molar-refractivity contribution in [1.82, 2.24) is 9.88 Å². The zero-order chi connectivity index (χ0) is 20.9. The summed E-state index contributed by atoms with van der Waals surface area (Å²) in [6.45, 7) is 6.05. The van der Waals surface area contributed by atoms with E-state index in [-0.39, 0.29) is 23.4 Å². The van der Waals surface area contributed by atoms with E-state index in [1.54, 1.807) is 0 Å². The molecule has 1 aromatic rings.